The number of rotatable bonds is 6. The van der Waals surface area contributed by atoms with Gasteiger partial charge in [-0.3, -0.25) is 4.79 Å². The zero-order valence-corrected chi connectivity index (χ0v) is 15.2. The molecule has 0 spiro atoms. The summed E-state index contributed by atoms with van der Waals surface area (Å²) < 4.78 is 5.40. The van der Waals surface area contributed by atoms with Gasteiger partial charge in [0, 0.05) is 31.1 Å². The number of amides is 3. The lowest BCUT2D eigenvalue weighted by Crippen LogP contribution is -2.35. The number of benzene rings is 1. The maximum atomic E-state index is 12.3. The standard InChI is InChI=1S/C19H29N3O3/c1-3-17(25-4-2)18(23)20-15-9-11-16(12-10-15)21-19(24)22-13-7-5-6-8-14-22/h9-12,17H,3-8,13-14H2,1-2H3,(H,20,23)(H,21,24)/t17-/m1/s1. The van der Waals surface area contributed by atoms with Gasteiger partial charge in [0.15, 0.2) is 0 Å². The minimum atomic E-state index is -0.438. The summed E-state index contributed by atoms with van der Waals surface area (Å²) in [5.74, 6) is -0.147. The number of nitrogens with one attached hydrogen (secondary N) is 2. The third-order valence-electron chi connectivity index (χ3n) is 4.33. The van der Waals surface area contributed by atoms with Crippen molar-refractivity contribution in [3.05, 3.63) is 24.3 Å². The van der Waals surface area contributed by atoms with Crippen LogP contribution >= 0.6 is 0 Å². The summed E-state index contributed by atoms with van der Waals surface area (Å²) in [6.07, 6.45) is 4.71. The first kappa shape index (κ1) is 19.2. The first-order valence-corrected chi connectivity index (χ1v) is 9.22. The Morgan fingerprint density at radius 3 is 2.08 bits per heavy atom. The van der Waals surface area contributed by atoms with Gasteiger partial charge in [-0.2, -0.15) is 0 Å². The van der Waals surface area contributed by atoms with Crippen molar-refractivity contribution in [3.8, 4) is 0 Å². The molecule has 138 valence electrons. The van der Waals surface area contributed by atoms with Gasteiger partial charge in [-0.1, -0.05) is 19.8 Å². The molecule has 1 fully saturated rings. The Balaban J connectivity index is 1.88. The van der Waals surface area contributed by atoms with Gasteiger partial charge < -0.3 is 20.3 Å². The van der Waals surface area contributed by atoms with Crippen molar-refractivity contribution in [1.82, 2.24) is 4.90 Å². The second kappa shape index (κ2) is 10.0. The highest BCUT2D eigenvalue weighted by atomic mass is 16.5. The highest BCUT2D eigenvalue weighted by Gasteiger charge is 2.17. The molecule has 3 amide bonds. The van der Waals surface area contributed by atoms with E-state index < -0.39 is 6.10 Å². The normalized spacial score (nSPS) is 16.0. The summed E-state index contributed by atoms with van der Waals surface area (Å²) >= 11 is 0. The molecular weight excluding hydrogens is 318 g/mol. The number of anilines is 2. The number of hydrogen-bond acceptors (Lipinski definition) is 3. The van der Waals surface area contributed by atoms with Crippen molar-refractivity contribution in [2.45, 2.75) is 52.1 Å². The van der Waals surface area contributed by atoms with Crippen LogP contribution in [0.5, 0.6) is 0 Å². The molecule has 2 N–H and O–H groups in total. The van der Waals surface area contributed by atoms with E-state index in [1.165, 1.54) is 12.8 Å². The predicted molar refractivity (Wildman–Crippen MR) is 99.8 cm³/mol. The smallest absolute Gasteiger partial charge is 0.321 e. The lowest BCUT2D eigenvalue weighted by atomic mass is 10.2. The average Bonchev–Trinajstić information content (AvgIpc) is 2.90. The first-order chi connectivity index (χ1) is 12.1. The molecule has 0 unspecified atom stereocenters. The summed E-state index contributed by atoms with van der Waals surface area (Å²) in [5, 5.41) is 5.77. The van der Waals surface area contributed by atoms with E-state index in [2.05, 4.69) is 10.6 Å². The fourth-order valence-electron chi connectivity index (χ4n) is 2.92. The van der Waals surface area contributed by atoms with Crippen LogP contribution in [0.2, 0.25) is 0 Å². The number of carbonyl (C=O) groups excluding carboxylic acids is 2. The van der Waals surface area contributed by atoms with Crippen molar-refractivity contribution in [2.75, 3.05) is 30.3 Å². The Hall–Kier alpha value is -2.08. The molecule has 1 aromatic carbocycles. The molecule has 1 atom stereocenters. The SMILES string of the molecule is CCO[C@H](CC)C(=O)Nc1ccc(NC(=O)N2CCCCCC2)cc1. The Bertz CT molecular complexity index is 552. The molecule has 1 heterocycles. The fraction of sp³-hybridized carbons (Fsp3) is 0.579. The van der Waals surface area contributed by atoms with Gasteiger partial charge in [0.1, 0.15) is 6.10 Å². The molecule has 0 aliphatic carbocycles. The molecule has 6 nitrogen and oxygen atoms in total. The molecular formula is C19H29N3O3. The quantitative estimate of drug-likeness (QED) is 0.821. The van der Waals surface area contributed by atoms with Gasteiger partial charge in [0.2, 0.25) is 0 Å². The highest BCUT2D eigenvalue weighted by molar-refractivity contribution is 5.95. The van der Waals surface area contributed by atoms with E-state index in [4.69, 9.17) is 4.74 Å². The minimum Gasteiger partial charge on any atom is -0.369 e. The molecule has 0 aromatic heterocycles. The lowest BCUT2D eigenvalue weighted by Gasteiger charge is -2.21. The average molecular weight is 347 g/mol. The summed E-state index contributed by atoms with van der Waals surface area (Å²) in [4.78, 5) is 26.3. The second-order valence-corrected chi connectivity index (χ2v) is 6.25. The molecule has 6 heteroatoms. The van der Waals surface area contributed by atoms with E-state index in [1.54, 1.807) is 24.3 Å². The Kier molecular flexibility index (Phi) is 7.73. The monoisotopic (exact) mass is 347 g/mol. The van der Waals surface area contributed by atoms with Crippen LogP contribution in [0.15, 0.2) is 24.3 Å². The van der Waals surface area contributed by atoms with Crippen LogP contribution in [0.4, 0.5) is 16.2 Å². The predicted octanol–water partition coefficient (Wildman–Crippen LogP) is 3.85. The van der Waals surface area contributed by atoms with Crippen LogP contribution in [0.1, 0.15) is 46.0 Å². The van der Waals surface area contributed by atoms with Crippen LogP contribution in [0.25, 0.3) is 0 Å². The van der Waals surface area contributed by atoms with Crippen molar-refractivity contribution < 1.29 is 14.3 Å². The van der Waals surface area contributed by atoms with Gasteiger partial charge in [-0.25, -0.2) is 4.79 Å². The number of carbonyl (C=O) groups is 2. The molecule has 1 aromatic rings. The van der Waals surface area contributed by atoms with E-state index in [9.17, 15) is 9.59 Å². The lowest BCUT2D eigenvalue weighted by molar-refractivity contribution is -0.127. The molecule has 1 aliphatic rings. The largest absolute Gasteiger partial charge is 0.369 e. The number of nitrogens with zero attached hydrogens (tertiary/aromatic N) is 1. The van der Waals surface area contributed by atoms with E-state index in [1.807, 2.05) is 18.7 Å². The zero-order chi connectivity index (χ0) is 18.1. The molecule has 2 rings (SSSR count). The Labute approximate surface area is 149 Å². The third-order valence-corrected chi connectivity index (χ3v) is 4.33. The van der Waals surface area contributed by atoms with Crippen molar-refractivity contribution in [2.24, 2.45) is 0 Å². The maximum Gasteiger partial charge on any atom is 0.321 e. The third kappa shape index (κ3) is 6.05. The van der Waals surface area contributed by atoms with Crippen molar-refractivity contribution in [3.63, 3.8) is 0 Å². The molecule has 0 saturated carbocycles. The number of ether oxygens (including phenoxy) is 1. The number of hydrogen-bond donors (Lipinski definition) is 2. The minimum absolute atomic E-state index is 0.0546. The van der Waals surface area contributed by atoms with Gasteiger partial charge in [-0.05, 0) is 50.5 Å². The van der Waals surface area contributed by atoms with Crippen LogP contribution < -0.4 is 10.6 Å². The zero-order valence-electron chi connectivity index (χ0n) is 15.2. The summed E-state index contributed by atoms with van der Waals surface area (Å²) in [6, 6.07) is 7.12. The Morgan fingerprint density at radius 1 is 1.00 bits per heavy atom. The summed E-state index contributed by atoms with van der Waals surface area (Å²) in [6.45, 7) is 5.93. The topological polar surface area (TPSA) is 70.7 Å². The van der Waals surface area contributed by atoms with Crippen molar-refractivity contribution >= 4 is 23.3 Å². The molecule has 1 aliphatic heterocycles. The highest BCUT2D eigenvalue weighted by Crippen LogP contribution is 2.16. The molecule has 0 bridgehead atoms. The van der Waals surface area contributed by atoms with Gasteiger partial charge in [0.05, 0.1) is 0 Å². The molecule has 25 heavy (non-hydrogen) atoms. The summed E-state index contributed by atoms with van der Waals surface area (Å²) in [5.41, 5.74) is 1.42. The second-order valence-electron chi connectivity index (χ2n) is 6.25. The van der Waals surface area contributed by atoms with Crippen molar-refractivity contribution in [1.29, 1.82) is 0 Å². The van der Waals surface area contributed by atoms with Crippen LogP contribution in [-0.4, -0.2) is 42.6 Å². The molecule has 0 radical (unpaired) electrons. The van der Waals surface area contributed by atoms with Crippen LogP contribution in [-0.2, 0) is 9.53 Å². The first-order valence-electron chi connectivity index (χ1n) is 9.22. The number of likely N-dealkylation sites (tertiary alicyclic amines) is 1. The Morgan fingerprint density at radius 2 is 1.56 bits per heavy atom. The summed E-state index contributed by atoms with van der Waals surface area (Å²) in [7, 11) is 0. The van der Waals surface area contributed by atoms with Gasteiger partial charge >= 0.3 is 6.03 Å². The maximum absolute atomic E-state index is 12.3. The van der Waals surface area contributed by atoms with E-state index in [-0.39, 0.29) is 11.9 Å². The van der Waals surface area contributed by atoms with E-state index >= 15 is 0 Å². The van der Waals surface area contributed by atoms with Crippen LogP contribution in [0, 0.1) is 0 Å². The van der Waals surface area contributed by atoms with E-state index in [0.29, 0.717) is 18.7 Å². The van der Waals surface area contributed by atoms with E-state index in [0.717, 1.165) is 31.6 Å². The molecule has 1 saturated heterocycles. The van der Waals surface area contributed by atoms with Gasteiger partial charge in [0.25, 0.3) is 5.91 Å². The number of urea groups is 1. The van der Waals surface area contributed by atoms with Gasteiger partial charge in [-0.15, -0.1) is 0 Å². The fourth-order valence-corrected chi connectivity index (χ4v) is 2.92. The van der Waals surface area contributed by atoms with Crippen LogP contribution in [0.3, 0.4) is 0 Å².